The molecule has 3 N–H and O–H groups in total. The Morgan fingerprint density at radius 2 is 2.00 bits per heavy atom. The summed E-state index contributed by atoms with van der Waals surface area (Å²) in [6, 6.07) is 6.90. The largest absolute Gasteiger partial charge is 0.482 e. The Balaban J connectivity index is 2.08. The number of carbonyl (C=O) groups excluding carboxylic acids is 1. The second kappa shape index (κ2) is 9.22. The minimum Gasteiger partial charge on any atom is -0.482 e. The van der Waals surface area contributed by atoms with Gasteiger partial charge in [0.2, 0.25) is 0 Å². The summed E-state index contributed by atoms with van der Waals surface area (Å²) in [6.07, 6.45) is 3.51. The molecule has 0 heterocycles. The summed E-state index contributed by atoms with van der Waals surface area (Å²) in [6.45, 7) is 0.498. The van der Waals surface area contributed by atoms with Gasteiger partial charge in [-0.2, -0.15) is 0 Å². The molecule has 19 heavy (non-hydrogen) atoms. The molecule has 0 saturated heterocycles. The van der Waals surface area contributed by atoms with E-state index in [4.69, 9.17) is 20.3 Å². The molecule has 1 rings (SSSR count). The molecule has 0 atom stereocenters. The zero-order chi connectivity index (χ0) is 13.9. The van der Waals surface area contributed by atoms with Gasteiger partial charge in [-0.25, -0.2) is 4.79 Å². The molecule has 0 aliphatic rings. The number of hydrogen-bond acceptors (Lipinski definition) is 5. The highest BCUT2D eigenvalue weighted by atomic mass is 16.6. The summed E-state index contributed by atoms with van der Waals surface area (Å²) in [4.78, 5) is 11.4. The van der Waals surface area contributed by atoms with E-state index in [2.05, 4.69) is 0 Å². The lowest BCUT2D eigenvalue weighted by Gasteiger charge is -2.07. The minimum atomic E-state index is -0.385. The van der Waals surface area contributed by atoms with Crippen LogP contribution in [0.3, 0.4) is 0 Å². The van der Waals surface area contributed by atoms with Crippen molar-refractivity contribution in [2.45, 2.75) is 25.7 Å². The number of aliphatic hydroxyl groups excluding tert-OH is 1. The third kappa shape index (κ3) is 7.31. The van der Waals surface area contributed by atoms with Crippen LogP contribution in [0.15, 0.2) is 24.3 Å². The standard InChI is InChI=1S/C14H21NO4/c15-12-6-5-7-13(10-12)19-11-14(17)18-9-4-2-1-3-8-16/h5-7,10,16H,1-4,8-9,11,15H2. The summed E-state index contributed by atoms with van der Waals surface area (Å²) in [7, 11) is 0. The first kappa shape index (κ1) is 15.3. The predicted molar refractivity (Wildman–Crippen MR) is 72.9 cm³/mol. The van der Waals surface area contributed by atoms with Gasteiger partial charge < -0.3 is 20.3 Å². The van der Waals surface area contributed by atoms with Crippen LogP contribution in [0.2, 0.25) is 0 Å². The highest BCUT2D eigenvalue weighted by Gasteiger charge is 2.04. The van der Waals surface area contributed by atoms with Gasteiger partial charge in [0, 0.05) is 18.4 Å². The molecule has 0 bridgehead atoms. The molecule has 0 aliphatic carbocycles. The number of hydrogen-bond donors (Lipinski definition) is 2. The highest BCUT2D eigenvalue weighted by molar-refractivity contribution is 5.71. The number of anilines is 1. The number of esters is 1. The van der Waals surface area contributed by atoms with E-state index in [9.17, 15) is 4.79 Å². The lowest BCUT2D eigenvalue weighted by Crippen LogP contribution is -2.15. The summed E-state index contributed by atoms with van der Waals surface area (Å²) in [5.41, 5.74) is 6.18. The van der Waals surface area contributed by atoms with Crippen molar-refractivity contribution in [2.75, 3.05) is 25.6 Å². The van der Waals surface area contributed by atoms with Gasteiger partial charge in [-0.05, 0) is 31.4 Å². The maximum absolute atomic E-state index is 11.4. The van der Waals surface area contributed by atoms with Crippen LogP contribution in [0.5, 0.6) is 5.75 Å². The molecule has 0 aromatic heterocycles. The van der Waals surface area contributed by atoms with E-state index in [0.717, 1.165) is 25.7 Å². The van der Waals surface area contributed by atoms with Gasteiger partial charge in [0.15, 0.2) is 6.61 Å². The van der Waals surface area contributed by atoms with Gasteiger partial charge in [0.1, 0.15) is 5.75 Å². The van der Waals surface area contributed by atoms with Crippen LogP contribution in [0.25, 0.3) is 0 Å². The first-order valence-electron chi connectivity index (χ1n) is 6.47. The van der Waals surface area contributed by atoms with Crippen molar-refractivity contribution in [3.8, 4) is 5.75 Å². The molecule has 0 aliphatic heterocycles. The van der Waals surface area contributed by atoms with Crippen molar-refractivity contribution in [3.63, 3.8) is 0 Å². The van der Waals surface area contributed by atoms with Crippen LogP contribution in [-0.4, -0.2) is 30.9 Å². The predicted octanol–water partition coefficient (Wildman–Crippen LogP) is 1.74. The Morgan fingerprint density at radius 1 is 1.21 bits per heavy atom. The van der Waals surface area contributed by atoms with Crippen molar-refractivity contribution in [1.29, 1.82) is 0 Å². The van der Waals surface area contributed by atoms with Crippen LogP contribution in [0, 0.1) is 0 Å². The number of rotatable bonds is 9. The third-order valence-corrected chi connectivity index (χ3v) is 2.53. The highest BCUT2D eigenvalue weighted by Crippen LogP contribution is 2.14. The fourth-order valence-electron chi connectivity index (χ4n) is 1.54. The van der Waals surface area contributed by atoms with Crippen LogP contribution < -0.4 is 10.5 Å². The normalized spacial score (nSPS) is 10.2. The van der Waals surface area contributed by atoms with Gasteiger partial charge in [0.25, 0.3) is 0 Å². The van der Waals surface area contributed by atoms with Gasteiger partial charge in [-0.1, -0.05) is 12.5 Å². The SMILES string of the molecule is Nc1cccc(OCC(=O)OCCCCCCO)c1. The maximum Gasteiger partial charge on any atom is 0.344 e. The smallest absolute Gasteiger partial charge is 0.344 e. The molecule has 0 unspecified atom stereocenters. The third-order valence-electron chi connectivity index (χ3n) is 2.53. The quantitative estimate of drug-likeness (QED) is 0.404. The number of nitrogen functional groups attached to an aromatic ring is 1. The molecule has 5 heteroatoms. The fourth-order valence-corrected chi connectivity index (χ4v) is 1.54. The summed E-state index contributed by atoms with van der Waals surface area (Å²) < 4.78 is 10.3. The minimum absolute atomic E-state index is 0.111. The molecule has 0 fully saturated rings. The van der Waals surface area contributed by atoms with Crippen LogP contribution in [0.1, 0.15) is 25.7 Å². The van der Waals surface area contributed by atoms with E-state index < -0.39 is 0 Å². The van der Waals surface area contributed by atoms with Gasteiger partial charge >= 0.3 is 5.97 Å². The Hall–Kier alpha value is -1.75. The molecule has 1 aromatic carbocycles. The Kier molecular flexibility index (Phi) is 7.43. The monoisotopic (exact) mass is 267 g/mol. The molecule has 0 amide bonds. The number of unbranched alkanes of at least 4 members (excludes halogenated alkanes) is 3. The van der Waals surface area contributed by atoms with Gasteiger partial charge in [0.05, 0.1) is 6.61 Å². The van der Waals surface area contributed by atoms with E-state index in [1.165, 1.54) is 0 Å². The molecule has 0 radical (unpaired) electrons. The molecular formula is C14H21NO4. The van der Waals surface area contributed by atoms with Crippen molar-refractivity contribution < 1.29 is 19.4 Å². The van der Waals surface area contributed by atoms with E-state index in [1.807, 2.05) is 0 Å². The van der Waals surface area contributed by atoms with E-state index in [0.29, 0.717) is 18.0 Å². The number of benzene rings is 1. The van der Waals surface area contributed by atoms with Gasteiger partial charge in [-0.3, -0.25) is 0 Å². The molecule has 0 spiro atoms. The summed E-state index contributed by atoms with van der Waals surface area (Å²) in [5, 5.41) is 8.60. The van der Waals surface area contributed by atoms with Crippen LogP contribution in [-0.2, 0) is 9.53 Å². The zero-order valence-corrected chi connectivity index (χ0v) is 11.0. The summed E-state index contributed by atoms with van der Waals surface area (Å²) in [5.74, 6) is 0.171. The van der Waals surface area contributed by atoms with E-state index in [-0.39, 0.29) is 19.2 Å². The Morgan fingerprint density at radius 3 is 2.74 bits per heavy atom. The topological polar surface area (TPSA) is 81.8 Å². The molecule has 0 saturated carbocycles. The number of aliphatic hydroxyl groups is 1. The van der Waals surface area contributed by atoms with Crippen molar-refractivity contribution in [2.24, 2.45) is 0 Å². The molecular weight excluding hydrogens is 246 g/mol. The lowest BCUT2D eigenvalue weighted by molar-refractivity contribution is -0.146. The number of ether oxygens (including phenoxy) is 2. The van der Waals surface area contributed by atoms with Crippen molar-refractivity contribution in [1.82, 2.24) is 0 Å². The maximum atomic E-state index is 11.4. The van der Waals surface area contributed by atoms with Gasteiger partial charge in [-0.15, -0.1) is 0 Å². The zero-order valence-electron chi connectivity index (χ0n) is 11.0. The Bertz CT molecular complexity index is 381. The first-order valence-corrected chi connectivity index (χ1v) is 6.47. The lowest BCUT2D eigenvalue weighted by atomic mass is 10.2. The van der Waals surface area contributed by atoms with E-state index >= 15 is 0 Å². The number of carbonyl (C=O) groups is 1. The van der Waals surface area contributed by atoms with Crippen LogP contribution >= 0.6 is 0 Å². The average Bonchev–Trinajstić information content (AvgIpc) is 2.40. The van der Waals surface area contributed by atoms with Crippen molar-refractivity contribution in [3.05, 3.63) is 24.3 Å². The van der Waals surface area contributed by atoms with Crippen LogP contribution in [0.4, 0.5) is 5.69 Å². The second-order valence-corrected chi connectivity index (χ2v) is 4.22. The average molecular weight is 267 g/mol. The van der Waals surface area contributed by atoms with E-state index in [1.54, 1.807) is 24.3 Å². The fraction of sp³-hybridized carbons (Fsp3) is 0.500. The number of nitrogens with two attached hydrogens (primary N) is 1. The first-order chi connectivity index (χ1) is 9.22. The molecule has 1 aromatic rings. The second-order valence-electron chi connectivity index (χ2n) is 4.22. The summed E-state index contributed by atoms with van der Waals surface area (Å²) >= 11 is 0. The molecule has 5 nitrogen and oxygen atoms in total. The molecule has 106 valence electrons. The van der Waals surface area contributed by atoms with Crippen molar-refractivity contribution >= 4 is 11.7 Å². The Labute approximate surface area is 113 Å².